The van der Waals surface area contributed by atoms with Crippen LogP contribution in [0, 0.1) is 5.82 Å². The van der Waals surface area contributed by atoms with Gasteiger partial charge in [0.15, 0.2) is 11.0 Å². The highest BCUT2D eigenvalue weighted by Gasteiger charge is 2.29. The SMILES string of the molecule is OCc1nnc(SCC(O)c2ccccc2F)n1C1CC1. The van der Waals surface area contributed by atoms with Gasteiger partial charge < -0.3 is 14.8 Å². The first-order valence-electron chi connectivity index (χ1n) is 6.80. The van der Waals surface area contributed by atoms with Crippen molar-refractivity contribution in [3.05, 3.63) is 41.5 Å². The van der Waals surface area contributed by atoms with E-state index in [2.05, 4.69) is 10.2 Å². The second-order valence-electron chi connectivity index (χ2n) is 5.01. The highest BCUT2D eigenvalue weighted by Crippen LogP contribution is 2.39. The van der Waals surface area contributed by atoms with Crippen molar-refractivity contribution >= 4 is 11.8 Å². The van der Waals surface area contributed by atoms with E-state index in [0.29, 0.717) is 17.0 Å². The molecule has 1 unspecified atom stereocenters. The first kappa shape index (κ1) is 14.5. The van der Waals surface area contributed by atoms with Crippen LogP contribution < -0.4 is 0 Å². The average Bonchev–Trinajstić information content (AvgIpc) is 3.25. The maximum absolute atomic E-state index is 13.6. The van der Waals surface area contributed by atoms with E-state index in [9.17, 15) is 14.6 Å². The van der Waals surface area contributed by atoms with Crippen molar-refractivity contribution in [2.24, 2.45) is 0 Å². The topological polar surface area (TPSA) is 71.2 Å². The number of aliphatic hydroxyl groups excluding tert-OH is 2. The lowest BCUT2D eigenvalue weighted by Gasteiger charge is -2.12. The molecule has 2 aromatic rings. The van der Waals surface area contributed by atoms with Crippen LogP contribution in [0.3, 0.4) is 0 Å². The summed E-state index contributed by atoms with van der Waals surface area (Å²) >= 11 is 1.32. The van der Waals surface area contributed by atoms with Crippen molar-refractivity contribution < 1.29 is 14.6 Å². The fourth-order valence-corrected chi connectivity index (χ4v) is 3.18. The number of nitrogens with zero attached hydrogens (tertiary/aromatic N) is 3. The summed E-state index contributed by atoms with van der Waals surface area (Å²) in [4.78, 5) is 0. The van der Waals surface area contributed by atoms with Crippen LogP contribution in [-0.2, 0) is 6.61 Å². The van der Waals surface area contributed by atoms with Crippen molar-refractivity contribution in [3.8, 4) is 0 Å². The molecule has 1 aromatic carbocycles. The average molecular weight is 309 g/mol. The van der Waals surface area contributed by atoms with Crippen molar-refractivity contribution in [2.45, 2.75) is 36.8 Å². The summed E-state index contributed by atoms with van der Waals surface area (Å²) in [6.45, 7) is -0.153. The number of aliphatic hydroxyl groups is 2. The number of aromatic nitrogens is 3. The van der Waals surface area contributed by atoms with Crippen molar-refractivity contribution in [1.29, 1.82) is 0 Å². The van der Waals surface area contributed by atoms with E-state index in [1.54, 1.807) is 18.2 Å². The van der Waals surface area contributed by atoms with Gasteiger partial charge in [-0.1, -0.05) is 30.0 Å². The van der Waals surface area contributed by atoms with Crippen LogP contribution in [-0.4, -0.2) is 30.7 Å². The van der Waals surface area contributed by atoms with Gasteiger partial charge in [0, 0.05) is 17.4 Å². The normalized spacial score (nSPS) is 16.1. The number of thioether (sulfide) groups is 1. The Bertz CT molecular complexity index is 630. The van der Waals surface area contributed by atoms with Gasteiger partial charge in [-0.25, -0.2) is 4.39 Å². The molecule has 0 aliphatic heterocycles. The second kappa shape index (κ2) is 6.13. The van der Waals surface area contributed by atoms with Gasteiger partial charge in [-0.2, -0.15) is 0 Å². The van der Waals surface area contributed by atoms with Gasteiger partial charge in [-0.15, -0.1) is 10.2 Å². The van der Waals surface area contributed by atoms with Gasteiger partial charge in [0.1, 0.15) is 12.4 Å². The highest BCUT2D eigenvalue weighted by molar-refractivity contribution is 7.99. The van der Waals surface area contributed by atoms with Crippen molar-refractivity contribution in [1.82, 2.24) is 14.8 Å². The van der Waals surface area contributed by atoms with E-state index in [1.165, 1.54) is 17.8 Å². The van der Waals surface area contributed by atoms with Gasteiger partial charge >= 0.3 is 0 Å². The molecule has 5 nitrogen and oxygen atoms in total. The molecule has 112 valence electrons. The van der Waals surface area contributed by atoms with Crippen molar-refractivity contribution in [3.63, 3.8) is 0 Å². The van der Waals surface area contributed by atoms with Crippen LogP contribution in [0.2, 0.25) is 0 Å². The molecule has 1 saturated carbocycles. The minimum atomic E-state index is -0.905. The lowest BCUT2D eigenvalue weighted by molar-refractivity contribution is 0.199. The third-order valence-electron chi connectivity index (χ3n) is 3.42. The number of rotatable bonds is 6. The number of hydrogen-bond acceptors (Lipinski definition) is 5. The van der Waals surface area contributed by atoms with Gasteiger partial charge in [0.05, 0.1) is 6.10 Å². The standard InChI is InChI=1S/C14H16FN3O2S/c15-11-4-2-1-3-10(11)12(20)8-21-14-17-16-13(7-19)18(14)9-5-6-9/h1-4,9,12,19-20H,5-8H2. The molecule has 1 atom stereocenters. The quantitative estimate of drug-likeness (QED) is 0.799. The third-order valence-corrected chi connectivity index (χ3v) is 4.44. The number of halogens is 1. The maximum atomic E-state index is 13.6. The smallest absolute Gasteiger partial charge is 0.191 e. The summed E-state index contributed by atoms with van der Waals surface area (Å²) in [5.41, 5.74) is 0.282. The molecule has 3 rings (SSSR count). The lowest BCUT2D eigenvalue weighted by Crippen LogP contribution is -2.06. The Morgan fingerprint density at radius 3 is 2.76 bits per heavy atom. The summed E-state index contributed by atoms with van der Waals surface area (Å²) in [7, 11) is 0. The Kier molecular flexibility index (Phi) is 4.23. The summed E-state index contributed by atoms with van der Waals surface area (Å²) in [5, 5.41) is 28.0. The van der Waals surface area contributed by atoms with E-state index >= 15 is 0 Å². The zero-order chi connectivity index (χ0) is 14.8. The molecule has 2 N–H and O–H groups in total. The molecular formula is C14H16FN3O2S. The lowest BCUT2D eigenvalue weighted by atomic mass is 10.1. The Balaban J connectivity index is 1.70. The highest BCUT2D eigenvalue weighted by atomic mass is 32.2. The van der Waals surface area contributed by atoms with E-state index in [-0.39, 0.29) is 17.9 Å². The Hall–Kier alpha value is -1.44. The Morgan fingerprint density at radius 1 is 1.33 bits per heavy atom. The maximum Gasteiger partial charge on any atom is 0.191 e. The van der Waals surface area contributed by atoms with Crippen LogP contribution >= 0.6 is 11.8 Å². The molecule has 1 aliphatic rings. The molecule has 0 amide bonds. The van der Waals surface area contributed by atoms with E-state index in [4.69, 9.17) is 0 Å². The molecule has 0 bridgehead atoms. The van der Waals surface area contributed by atoms with Crippen molar-refractivity contribution in [2.75, 3.05) is 5.75 Å². The molecule has 1 heterocycles. The van der Waals surface area contributed by atoms with Gasteiger partial charge in [0.2, 0.25) is 0 Å². The largest absolute Gasteiger partial charge is 0.388 e. The van der Waals surface area contributed by atoms with Crippen LogP contribution in [0.15, 0.2) is 29.4 Å². The fraction of sp³-hybridized carbons (Fsp3) is 0.429. The van der Waals surface area contributed by atoms with Gasteiger partial charge in [0.25, 0.3) is 0 Å². The molecule has 1 aromatic heterocycles. The molecule has 7 heteroatoms. The fourth-order valence-electron chi connectivity index (χ4n) is 2.20. The van der Waals surface area contributed by atoms with E-state index in [0.717, 1.165) is 12.8 Å². The molecule has 21 heavy (non-hydrogen) atoms. The minimum Gasteiger partial charge on any atom is -0.388 e. The molecule has 0 radical (unpaired) electrons. The molecule has 0 saturated heterocycles. The van der Waals surface area contributed by atoms with Crippen LogP contribution in [0.25, 0.3) is 0 Å². The molecule has 1 fully saturated rings. The van der Waals surface area contributed by atoms with Crippen LogP contribution in [0.5, 0.6) is 0 Å². The Labute approximate surface area is 125 Å². The van der Waals surface area contributed by atoms with E-state index < -0.39 is 11.9 Å². The molecule has 1 aliphatic carbocycles. The molecular weight excluding hydrogens is 293 g/mol. The van der Waals surface area contributed by atoms with Gasteiger partial charge in [-0.05, 0) is 18.9 Å². The first-order chi connectivity index (χ1) is 10.2. The minimum absolute atomic E-state index is 0.153. The second-order valence-corrected chi connectivity index (χ2v) is 5.99. The summed E-state index contributed by atoms with van der Waals surface area (Å²) < 4.78 is 15.5. The summed E-state index contributed by atoms with van der Waals surface area (Å²) in [6.07, 6.45) is 1.20. The summed E-state index contributed by atoms with van der Waals surface area (Å²) in [6, 6.07) is 6.54. The predicted octanol–water partition coefficient (Wildman–Crippen LogP) is 2.07. The van der Waals surface area contributed by atoms with Gasteiger partial charge in [-0.3, -0.25) is 0 Å². The zero-order valence-corrected chi connectivity index (χ0v) is 12.1. The zero-order valence-electron chi connectivity index (χ0n) is 11.3. The number of hydrogen-bond donors (Lipinski definition) is 2. The monoisotopic (exact) mass is 309 g/mol. The first-order valence-corrected chi connectivity index (χ1v) is 7.79. The van der Waals surface area contributed by atoms with E-state index in [1.807, 2.05) is 4.57 Å². The Morgan fingerprint density at radius 2 is 2.10 bits per heavy atom. The third kappa shape index (κ3) is 3.09. The van der Waals surface area contributed by atoms with Crippen LogP contribution in [0.1, 0.15) is 36.4 Å². The number of benzene rings is 1. The van der Waals surface area contributed by atoms with Crippen LogP contribution in [0.4, 0.5) is 4.39 Å². The summed E-state index contributed by atoms with van der Waals surface area (Å²) in [5.74, 6) is 0.419. The predicted molar refractivity (Wildman–Crippen MR) is 76.3 cm³/mol. The molecule has 0 spiro atoms.